The zero-order chi connectivity index (χ0) is 18.3. The van der Waals surface area contributed by atoms with Gasteiger partial charge in [-0.3, -0.25) is 9.78 Å². The number of furan rings is 1. The molecule has 1 aliphatic rings. The molecule has 136 valence electrons. The van der Waals surface area contributed by atoms with Gasteiger partial charge in [-0.05, 0) is 24.1 Å². The topological polar surface area (TPSA) is 55.6 Å². The number of halogens is 2. The van der Waals surface area contributed by atoms with Crippen LogP contribution in [0.1, 0.15) is 31.2 Å². The van der Waals surface area contributed by atoms with Gasteiger partial charge >= 0.3 is 6.61 Å². The van der Waals surface area contributed by atoms with E-state index in [-0.39, 0.29) is 23.2 Å². The Balaban J connectivity index is 1.86. The Morgan fingerprint density at radius 1 is 1.38 bits per heavy atom. The van der Waals surface area contributed by atoms with Crippen molar-refractivity contribution in [2.75, 3.05) is 13.1 Å². The van der Waals surface area contributed by atoms with Crippen LogP contribution >= 0.6 is 0 Å². The number of alkyl halides is 2. The van der Waals surface area contributed by atoms with Gasteiger partial charge in [0.15, 0.2) is 11.3 Å². The van der Waals surface area contributed by atoms with Gasteiger partial charge in [0.2, 0.25) is 5.91 Å². The summed E-state index contributed by atoms with van der Waals surface area (Å²) in [7, 11) is 0. The van der Waals surface area contributed by atoms with Crippen molar-refractivity contribution < 1.29 is 22.7 Å². The molecule has 5 nitrogen and oxygen atoms in total. The zero-order valence-electron chi connectivity index (χ0n) is 14.2. The van der Waals surface area contributed by atoms with Gasteiger partial charge in [0.25, 0.3) is 0 Å². The van der Waals surface area contributed by atoms with E-state index in [1.54, 1.807) is 24.5 Å². The number of aromatic nitrogens is 1. The molecule has 1 atom stereocenters. The number of benzene rings is 1. The summed E-state index contributed by atoms with van der Waals surface area (Å²) in [5.74, 6) is 0.0895. The second-order valence-corrected chi connectivity index (χ2v) is 6.45. The van der Waals surface area contributed by atoms with Crippen molar-refractivity contribution in [3.8, 4) is 5.75 Å². The normalized spacial score (nSPS) is 17.8. The van der Waals surface area contributed by atoms with Crippen molar-refractivity contribution >= 4 is 27.8 Å². The predicted octanol–water partition coefficient (Wildman–Crippen LogP) is 4.31. The van der Waals surface area contributed by atoms with Crippen molar-refractivity contribution in [2.24, 2.45) is 0 Å². The molecule has 0 saturated carbocycles. The molecule has 1 aliphatic heterocycles. The fourth-order valence-electron chi connectivity index (χ4n) is 3.72. The molecule has 4 rings (SSSR count). The minimum atomic E-state index is -2.94. The van der Waals surface area contributed by atoms with Crippen LogP contribution in [0.3, 0.4) is 0 Å². The van der Waals surface area contributed by atoms with Crippen molar-refractivity contribution in [3.05, 3.63) is 36.2 Å². The number of rotatable bonds is 5. The maximum absolute atomic E-state index is 12.8. The number of hydrogen-bond acceptors (Lipinski definition) is 4. The number of carbonyl (C=O) groups is 1. The highest BCUT2D eigenvalue weighted by Crippen LogP contribution is 2.42. The van der Waals surface area contributed by atoms with E-state index in [0.717, 1.165) is 23.9 Å². The average molecular weight is 360 g/mol. The van der Waals surface area contributed by atoms with Crippen molar-refractivity contribution in [1.82, 2.24) is 9.88 Å². The number of fused-ring (bicyclic) bond motifs is 3. The Bertz CT molecular complexity index is 970. The molecule has 1 fully saturated rings. The van der Waals surface area contributed by atoms with E-state index < -0.39 is 6.61 Å². The summed E-state index contributed by atoms with van der Waals surface area (Å²) < 4.78 is 35.9. The second-order valence-electron chi connectivity index (χ2n) is 6.45. The average Bonchev–Trinajstić information content (AvgIpc) is 3.17. The Hall–Kier alpha value is -2.70. The zero-order valence-corrected chi connectivity index (χ0v) is 14.2. The molecule has 0 aliphatic carbocycles. The first-order chi connectivity index (χ1) is 12.6. The molecule has 1 amide bonds. The Labute approximate surface area is 148 Å². The highest BCUT2D eigenvalue weighted by Gasteiger charge is 2.32. The highest BCUT2D eigenvalue weighted by molar-refractivity contribution is 6.08. The first-order valence-corrected chi connectivity index (χ1v) is 8.60. The lowest BCUT2D eigenvalue weighted by Crippen LogP contribution is -2.25. The lowest BCUT2D eigenvalue weighted by atomic mass is 9.93. The third-order valence-electron chi connectivity index (χ3n) is 4.78. The minimum absolute atomic E-state index is 0.00955. The largest absolute Gasteiger partial charge is 0.452 e. The van der Waals surface area contributed by atoms with E-state index in [1.165, 1.54) is 6.07 Å². The molecule has 0 N–H and O–H groups in total. The van der Waals surface area contributed by atoms with Crippen LogP contribution in [-0.2, 0) is 4.79 Å². The molecule has 0 bridgehead atoms. The molecule has 7 heteroatoms. The van der Waals surface area contributed by atoms with Crippen LogP contribution < -0.4 is 4.74 Å². The molecule has 3 aromatic rings. The van der Waals surface area contributed by atoms with Gasteiger partial charge in [-0.2, -0.15) is 8.78 Å². The van der Waals surface area contributed by atoms with E-state index in [4.69, 9.17) is 4.42 Å². The standard InChI is InChI=1S/C19H18F2N2O3/c1-2-7-23-10-11(8-16(23)24)12-3-4-15(26-19(20)21)18-17(12)13-9-22-6-5-14(13)25-18/h3-6,9,11,19H,2,7-8,10H2,1H3. The van der Waals surface area contributed by atoms with Crippen LogP contribution in [0.4, 0.5) is 8.78 Å². The van der Waals surface area contributed by atoms with Crippen LogP contribution in [0.15, 0.2) is 35.0 Å². The molecule has 1 aromatic carbocycles. The summed E-state index contributed by atoms with van der Waals surface area (Å²) in [6.07, 6.45) is 4.53. The number of pyridine rings is 1. The predicted molar refractivity (Wildman–Crippen MR) is 92.4 cm³/mol. The molecule has 0 radical (unpaired) electrons. The minimum Gasteiger partial charge on any atom is -0.452 e. The fraction of sp³-hybridized carbons (Fsp3) is 0.368. The SMILES string of the molecule is CCCN1CC(c2ccc(OC(F)F)c3oc4ccncc4c23)CC1=O. The Morgan fingerprint density at radius 2 is 2.23 bits per heavy atom. The number of amides is 1. The summed E-state index contributed by atoms with van der Waals surface area (Å²) in [5.41, 5.74) is 1.73. The molecule has 26 heavy (non-hydrogen) atoms. The van der Waals surface area contributed by atoms with E-state index in [1.807, 2.05) is 11.8 Å². The summed E-state index contributed by atoms with van der Waals surface area (Å²) in [4.78, 5) is 18.2. The van der Waals surface area contributed by atoms with Gasteiger partial charge in [-0.15, -0.1) is 0 Å². The number of hydrogen-bond donors (Lipinski definition) is 0. The third-order valence-corrected chi connectivity index (χ3v) is 4.78. The van der Waals surface area contributed by atoms with Crippen LogP contribution in [0, 0.1) is 0 Å². The van der Waals surface area contributed by atoms with Gasteiger partial charge in [0.1, 0.15) is 5.58 Å². The van der Waals surface area contributed by atoms with Crippen molar-refractivity contribution in [3.63, 3.8) is 0 Å². The monoisotopic (exact) mass is 360 g/mol. The van der Waals surface area contributed by atoms with Crippen molar-refractivity contribution in [1.29, 1.82) is 0 Å². The third kappa shape index (κ3) is 2.77. The Kier molecular flexibility index (Phi) is 4.22. The lowest BCUT2D eigenvalue weighted by molar-refractivity contribution is -0.127. The van der Waals surface area contributed by atoms with Gasteiger partial charge < -0.3 is 14.1 Å². The highest BCUT2D eigenvalue weighted by atomic mass is 19.3. The number of ether oxygens (including phenoxy) is 1. The second kappa shape index (κ2) is 6.55. The van der Waals surface area contributed by atoms with Crippen molar-refractivity contribution in [2.45, 2.75) is 32.3 Å². The van der Waals surface area contributed by atoms with E-state index in [0.29, 0.717) is 23.9 Å². The summed E-state index contributed by atoms with van der Waals surface area (Å²) in [6.45, 7) is 0.427. The molecular weight excluding hydrogens is 342 g/mol. The van der Waals surface area contributed by atoms with Gasteiger partial charge in [-0.1, -0.05) is 13.0 Å². The fourth-order valence-corrected chi connectivity index (χ4v) is 3.72. The summed E-state index contributed by atoms with van der Waals surface area (Å²) >= 11 is 0. The lowest BCUT2D eigenvalue weighted by Gasteiger charge is -2.16. The maximum atomic E-state index is 12.8. The van der Waals surface area contributed by atoms with Crippen LogP contribution in [0.2, 0.25) is 0 Å². The Morgan fingerprint density at radius 3 is 3.00 bits per heavy atom. The molecule has 0 spiro atoms. The van der Waals surface area contributed by atoms with Gasteiger partial charge in [-0.25, -0.2) is 0 Å². The molecular formula is C19H18F2N2O3. The molecule has 1 unspecified atom stereocenters. The van der Waals surface area contributed by atoms with Crippen LogP contribution in [-0.4, -0.2) is 35.5 Å². The van der Waals surface area contributed by atoms with E-state index in [9.17, 15) is 13.6 Å². The summed E-state index contributed by atoms with van der Waals surface area (Å²) in [5, 5.41) is 1.43. The molecule has 2 aromatic heterocycles. The maximum Gasteiger partial charge on any atom is 0.387 e. The van der Waals surface area contributed by atoms with Crippen LogP contribution in [0.5, 0.6) is 5.75 Å². The van der Waals surface area contributed by atoms with Gasteiger partial charge in [0, 0.05) is 48.6 Å². The van der Waals surface area contributed by atoms with E-state index in [2.05, 4.69) is 9.72 Å². The van der Waals surface area contributed by atoms with Gasteiger partial charge in [0.05, 0.1) is 0 Å². The van der Waals surface area contributed by atoms with E-state index >= 15 is 0 Å². The first-order valence-electron chi connectivity index (χ1n) is 8.60. The van der Waals surface area contributed by atoms with Crippen LogP contribution in [0.25, 0.3) is 21.9 Å². The molecule has 3 heterocycles. The quantitative estimate of drug-likeness (QED) is 0.680. The smallest absolute Gasteiger partial charge is 0.387 e. The number of likely N-dealkylation sites (tertiary alicyclic amines) is 1. The number of nitrogens with zero attached hydrogens (tertiary/aromatic N) is 2. The number of carbonyl (C=O) groups excluding carboxylic acids is 1. The molecule has 1 saturated heterocycles. The summed E-state index contributed by atoms with van der Waals surface area (Å²) in [6, 6.07) is 4.94. The first kappa shape index (κ1) is 16.8.